The van der Waals surface area contributed by atoms with Crippen LogP contribution in [0.15, 0.2) is 60.5 Å². The molecule has 0 radical (unpaired) electrons. The number of hydrogen-bond donors (Lipinski definition) is 1. The second-order valence-electron chi connectivity index (χ2n) is 6.87. The van der Waals surface area contributed by atoms with Crippen LogP contribution in [0.4, 0.5) is 11.5 Å². The molecule has 2 aromatic rings. The van der Waals surface area contributed by atoms with Crippen molar-refractivity contribution in [3.8, 4) is 0 Å². The maximum Gasteiger partial charge on any atom is 0.131 e. The number of ether oxygens (including phenoxy) is 1. The molecule has 0 unspecified atom stereocenters. The van der Waals surface area contributed by atoms with E-state index in [1.807, 2.05) is 37.4 Å². The Hall–Kier alpha value is -2.77. The zero-order valence-electron chi connectivity index (χ0n) is 17.7. The molecule has 1 fully saturated rings. The minimum absolute atomic E-state index is 0.533. The summed E-state index contributed by atoms with van der Waals surface area (Å²) in [5, 5.41) is 4.30. The summed E-state index contributed by atoms with van der Waals surface area (Å²) >= 11 is 1.67. The Labute approximate surface area is 182 Å². The average molecular weight is 424 g/mol. The van der Waals surface area contributed by atoms with Gasteiger partial charge in [0.15, 0.2) is 0 Å². The van der Waals surface area contributed by atoms with E-state index in [4.69, 9.17) is 9.73 Å². The number of aromatic nitrogens is 2. The lowest BCUT2D eigenvalue weighted by molar-refractivity contribution is 0.122. The van der Waals surface area contributed by atoms with E-state index in [1.54, 1.807) is 11.3 Å². The van der Waals surface area contributed by atoms with Crippen molar-refractivity contribution >= 4 is 28.6 Å². The van der Waals surface area contributed by atoms with E-state index >= 15 is 0 Å². The van der Waals surface area contributed by atoms with Crippen molar-refractivity contribution < 1.29 is 4.74 Å². The zero-order valence-corrected chi connectivity index (χ0v) is 18.5. The van der Waals surface area contributed by atoms with Crippen molar-refractivity contribution in [2.75, 3.05) is 36.5 Å². The van der Waals surface area contributed by atoms with Crippen LogP contribution >= 0.6 is 11.3 Å². The van der Waals surface area contributed by atoms with E-state index < -0.39 is 0 Å². The van der Waals surface area contributed by atoms with Gasteiger partial charge in [-0.2, -0.15) is 0 Å². The predicted molar refractivity (Wildman–Crippen MR) is 127 cm³/mol. The van der Waals surface area contributed by atoms with Gasteiger partial charge in [-0.25, -0.2) is 15.0 Å². The number of aliphatic imine (C=N–C) groups is 1. The molecule has 0 aliphatic carbocycles. The van der Waals surface area contributed by atoms with Gasteiger partial charge in [0.1, 0.15) is 11.6 Å². The molecule has 6 nitrogen and oxygen atoms in total. The number of nitrogens with one attached hydrogen (secondary N) is 1. The Balaban J connectivity index is 1.74. The van der Waals surface area contributed by atoms with E-state index in [0.29, 0.717) is 11.6 Å². The van der Waals surface area contributed by atoms with E-state index in [1.165, 1.54) is 0 Å². The molecule has 1 saturated heterocycles. The number of aryl methyl sites for hydroxylation is 2. The third-order valence-corrected chi connectivity index (χ3v) is 5.93. The molecule has 0 atom stereocenters. The van der Waals surface area contributed by atoms with Crippen LogP contribution in [0.1, 0.15) is 28.9 Å². The lowest BCUT2D eigenvalue weighted by Gasteiger charge is -2.28. The first-order valence-electron chi connectivity index (χ1n) is 10.2. The lowest BCUT2D eigenvalue weighted by atomic mass is 10.2. The van der Waals surface area contributed by atoms with E-state index in [-0.39, 0.29) is 0 Å². The molecule has 158 valence electrons. The topological polar surface area (TPSA) is 62.6 Å². The number of pyridine rings is 1. The summed E-state index contributed by atoms with van der Waals surface area (Å²) in [5.41, 5.74) is 2.92. The van der Waals surface area contributed by atoms with Gasteiger partial charge < -0.3 is 15.0 Å². The third-order valence-electron chi connectivity index (χ3n) is 4.61. The Kier molecular flexibility index (Phi) is 7.93. The van der Waals surface area contributed by atoms with E-state index in [2.05, 4.69) is 46.3 Å². The fourth-order valence-corrected chi connectivity index (χ4v) is 4.04. The highest BCUT2D eigenvalue weighted by Gasteiger charge is 2.13. The molecule has 1 aliphatic rings. The number of anilines is 2. The summed E-state index contributed by atoms with van der Waals surface area (Å²) in [6, 6.07) is 4.01. The number of hydrogen-bond acceptors (Lipinski definition) is 7. The summed E-state index contributed by atoms with van der Waals surface area (Å²) in [5.74, 6) is 1.25. The highest BCUT2D eigenvalue weighted by molar-refractivity contribution is 7.14. The molecule has 30 heavy (non-hydrogen) atoms. The van der Waals surface area contributed by atoms with Crippen molar-refractivity contribution in [2.45, 2.75) is 26.7 Å². The van der Waals surface area contributed by atoms with Crippen LogP contribution in [0.3, 0.4) is 0 Å². The highest BCUT2D eigenvalue weighted by Crippen LogP contribution is 2.22. The van der Waals surface area contributed by atoms with Gasteiger partial charge in [-0.1, -0.05) is 25.7 Å². The largest absolute Gasteiger partial charge is 0.378 e. The minimum Gasteiger partial charge on any atom is -0.378 e. The molecule has 1 aliphatic heterocycles. The summed E-state index contributed by atoms with van der Waals surface area (Å²) in [6.45, 7) is 15.3. The summed E-state index contributed by atoms with van der Waals surface area (Å²) < 4.78 is 5.41. The fourth-order valence-electron chi connectivity index (χ4n) is 3.07. The molecular weight excluding hydrogens is 394 g/mol. The van der Waals surface area contributed by atoms with Gasteiger partial charge in [0, 0.05) is 13.1 Å². The highest BCUT2D eigenvalue weighted by atomic mass is 32.1. The second kappa shape index (κ2) is 10.8. The normalized spacial score (nSPS) is 14.9. The quantitative estimate of drug-likeness (QED) is 0.466. The summed E-state index contributed by atoms with van der Waals surface area (Å²) in [7, 11) is 0. The van der Waals surface area contributed by atoms with E-state index in [0.717, 1.165) is 66.1 Å². The molecule has 0 amide bonds. The number of allylic oxidation sites excluding steroid dienone is 3. The van der Waals surface area contributed by atoms with Crippen LogP contribution < -0.4 is 10.2 Å². The zero-order chi connectivity index (χ0) is 21.3. The lowest BCUT2D eigenvalue weighted by Crippen LogP contribution is -2.36. The Morgan fingerprint density at radius 3 is 2.80 bits per heavy atom. The molecule has 3 heterocycles. The van der Waals surface area contributed by atoms with Gasteiger partial charge in [-0.3, -0.25) is 0 Å². The third kappa shape index (κ3) is 5.87. The van der Waals surface area contributed by atoms with Crippen molar-refractivity contribution in [1.82, 2.24) is 9.97 Å². The van der Waals surface area contributed by atoms with Crippen LogP contribution in [0.2, 0.25) is 0 Å². The van der Waals surface area contributed by atoms with Crippen LogP contribution in [0, 0.1) is 6.92 Å². The SMILES string of the molecule is C=CC/C=C\C(=N/C(=C)Nc1ccc(N2CCOCC2)cn1)c1sc(CC)nc1C. The number of morpholine rings is 1. The number of nitrogens with zero attached hydrogens (tertiary/aromatic N) is 4. The smallest absolute Gasteiger partial charge is 0.131 e. The maximum absolute atomic E-state index is 5.41. The van der Waals surface area contributed by atoms with E-state index in [9.17, 15) is 0 Å². The Bertz CT molecular complexity index is 924. The number of thiazole rings is 1. The van der Waals surface area contributed by atoms with Crippen molar-refractivity contribution in [1.29, 1.82) is 0 Å². The molecule has 0 aromatic carbocycles. The monoisotopic (exact) mass is 423 g/mol. The standard InChI is InChI=1S/C23H29N5OS/c1-5-7-8-9-20(23-17(3)25-22(6-2)30-23)26-18(4)27-21-11-10-19(16-24-21)28-12-14-29-15-13-28/h5,8-11,16H,1,4,6-7,12-15H2,2-3H3,(H,24,27)/b9-8-,26-20+. The Morgan fingerprint density at radius 2 is 2.17 bits per heavy atom. The van der Waals surface area contributed by atoms with Gasteiger partial charge >= 0.3 is 0 Å². The molecular formula is C23H29N5OS. The fraction of sp³-hybridized carbons (Fsp3) is 0.348. The minimum atomic E-state index is 0.533. The first-order valence-corrected chi connectivity index (χ1v) is 11.0. The van der Waals surface area contributed by atoms with Gasteiger partial charge in [-0.05, 0) is 38.0 Å². The first-order chi connectivity index (χ1) is 14.6. The maximum atomic E-state index is 5.41. The molecule has 7 heteroatoms. The molecule has 2 aromatic heterocycles. The van der Waals surface area contributed by atoms with Crippen LogP contribution in [0.25, 0.3) is 0 Å². The second-order valence-corrected chi connectivity index (χ2v) is 7.96. The van der Waals surface area contributed by atoms with Crippen LogP contribution in [0.5, 0.6) is 0 Å². The van der Waals surface area contributed by atoms with Crippen LogP contribution in [-0.2, 0) is 11.2 Å². The summed E-state index contributed by atoms with van der Waals surface area (Å²) in [6.07, 6.45) is 9.47. The van der Waals surface area contributed by atoms with Crippen molar-refractivity contribution in [3.63, 3.8) is 0 Å². The van der Waals surface area contributed by atoms with Gasteiger partial charge in [0.05, 0.1) is 46.4 Å². The molecule has 1 N–H and O–H groups in total. The molecule has 0 spiro atoms. The van der Waals surface area contributed by atoms with Crippen molar-refractivity contribution in [3.05, 3.63) is 71.1 Å². The molecule has 3 rings (SSSR count). The Morgan fingerprint density at radius 1 is 1.37 bits per heavy atom. The van der Waals surface area contributed by atoms with Crippen LogP contribution in [-0.4, -0.2) is 42.0 Å². The van der Waals surface area contributed by atoms with Gasteiger partial charge in [0.25, 0.3) is 0 Å². The molecule has 0 bridgehead atoms. The number of rotatable bonds is 9. The van der Waals surface area contributed by atoms with Crippen molar-refractivity contribution in [2.24, 2.45) is 4.99 Å². The molecule has 0 saturated carbocycles. The predicted octanol–water partition coefficient (Wildman–Crippen LogP) is 4.75. The first kappa shape index (κ1) is 21.9. The van der Waals surface area contributed by atoms with Gasteiger partial charge in [0.2, 0.25) is 0 Å². The summed E-state index contributed by atoms with van der Waals surface area (Å²) in [4.78, 5) is 17.2. The van der Waals surface area contributed by atoms with Gasteiger partial charge in [-0.15, -0.1) is 17.9 Å². The average Bonchev–Trinajstić information content (AvgIpc) is 3.15.